The summed E-state index contributed by atoms with van der Waals surface area (Å²) in [5.41, 5.74) is 1.37. The molecular formula is C30H24Cl2N2O7S. The van der Waals surface area contributed by atoms with E-state index in [1.807, 2.05) is 0 Å². The molecule has 1 atom stereocenters. The van der Waals surface area contributed by atoms with Crippen molar-refractivity contribution in [3.8, 4) is 22.8 Å². The van der Waals surface area contributed by atoms with Gasteiger partial charge >= 0.3 is 11.9 Å². The Morgan fingerprint density at radius 1 is 1.12 bits per heavy atom. The molecule has 0 N–H and O–H groups in total. The fraction of sp³-hybridized carbons (Fsp3) is 0.200. The van der Waals surface area contributed by atoms with Crippen molar-refractivity contribution in [2.24, 2.45) is 4.99 Å². The Labute approximate surface area is 253 Å². The topological polar surface area (TPSA) is 109 Å². The zero-order chi connectivity index (χ0) is 30.1. The molecule has 0 saturated heterocycles. The molecule has 3 heterocycles. The highest BCUT2D eigenvalue weighted by Gasteiger charge is 2.34. The third kappa shape index (κ3) is 5.65. The SMILES string of the molecule is CCOC(=O)C1=C(C)N=c2sc(=Cc3ccc(-c4cc(Cl)ccc4Cl)o3)c(=O)n2[C@@H]1c1ccc(OC(C)=O)c(OC)c1. The first-order valence-corrected chi connectivity index (χ1v) is 14.3. The number of hydrogen-bond acceptors (Lipinski definition) is 9. The predicted octanol–water partition coefficient (Wildman–Crippen LogP) is 5.30. The van der Waals surface area contributed by atoms with Gasteiger partial charge in [0.25, 0.3) is 5.56 Å². The van der Waals surface area contributed by atoms with Crippen LogP contribution in [-0.4, -0.2) is 30.2 Å². The molecule has 0 spiro atoms. The number of nitrogens with zero attached hydrogens (tertiary/aromatic N) is 2. The van der Waals surface area contributed by atoms with Gasteiger partial charge in [-0.05, 0) is 61.9 Å². The lowest BCUT2D eigenvalue weighted by Crippen LogP contribution is -2.39. The lowest BCUT2D eigenvalue weighted by atomic mass is 9.95. The number of thiazole rings is 1. The van der Waals surface area contributed by atoms with Gasteiger partial charge in [0.15, 0.2) is 16.3 Å². The molecule has 1 aliphatic rings. The number of benzene rings is 2. The number of carbonyl (C=O) groups excluding carboxylic acids is 2. The molecule has 0 amide bonds. The molecular weight excluding hydrogens is 603 g/mol. The first kappa shape index (κ1) is 29.4. The summed E-state index contributed by atoms with van der Waals surface area (Å²) in [7, 11) is 1.43. The Morgan fingerprint density at radius 3 is 2.62 bits per heavy atom. The summed E-state index contributed by atoms with van der Waals surface area (Å²) < 4.78 is 23.8. The molecule has 0 unspecified atom stereocenters. The number of ether oxygens (including phenoxy) is 3. The van der Waals surface area contributed by atoms with Crippen LogP contribution in [-0.2, 0) is 14.3 Å². The third-order valence-corrected chi connectivity index (χ3v) is 7.92. The molecule has 0 fully saturated rings. The zero-order valence-corrected chi connectivity index (χ0v) is 25.2. The van der Waals surface area contributed by atoms with Crippen molar-refractivity contribution in [2.45, 2.75) is 26.8 Å². The summed E-state index contributed by atoms with van der Waals surface area (Å²) in [4.78, 5) is 43.6. The van der Waals surface area contributed by atoms with Gasteiger partial charge in [-0.2, -0.15) is 0 Å². The quantitative estimate of drug-likeness (QED) is 0.202. The molecule has 42 heavy (non-hydrogen) atoms. The van der Waals surface area contributed by atoms with E-state index in [4.69, 9.17) is 41.8 Å². The fourth-order valence-corrected chi connectivity index (χ4v) is 6.00. The number of rotatable bonds is 7. The van der Waals surface area contributed by atoms with Crippen molar-refractivity contribution < 1.29 is 28.2 Å². The van der Waals surface area contributed by atoms with E-state index in [1.165, 1.54) is 18.6 Å². The number of allylic oxidation sites excluding steroid dienone is 1. The van der Waals surface area contributed by atoms with Gasteiger partial charge in [0.2, 0.25) is 0 Å². The number of aromatic nitrogens is 1. The van der Waals surface area contributed by atoms with Gasteiger partial charge in [0, 0.05) is 23.6 Å². The van der Waals surface area contributed by atoms with Crippen LogP contribution in [0, 0.1) is 0 Å². The summed E-state index contributed by atoms with van der Waals surface area (Å²) in [6, 6.07) is 12.5. The normalized spacial score (nSPS) is 14.8. The maximum Gasteiger partial charge on any atom is 0.338 e. The molecule has 9 nitrogen and oxygen atoms in total. The maximum atomic E-state index is 13.9. The van der Waals surface area contributed by atoms with Crippen LogP contribution < -0.4 is 24.4 Å². The number of hydrogen-bond donors (Lipinski definition) is 0. The lowest BCUT2D eigenvalue weighted by Gasteiger charge is -2.25. The van der Waals surface area contributed by atoms with E-state index in [1.54, 1.807) is 68.5 Å². The largest absolute Gasteiger partial charge is 0.493 e. The second-order valence-electron chi connectivity index (χ2n) is 9.13. The molecule has 216 valence electrons. The molecule has 4 aromatic rings. The Balaban J connectivity index is 1.65. The van der Waals surface area contributed by atoms with E-state index < -0.39 is 18.0 Å². The highest BCUT2D eigenvalue weighted by Crippen LogP contribution is 2.36. The third-order valence-electron chi connectivity index (χ3n) is 6.37. The van der Waals surface area contributed by atoms with Crippen LogP contribution in [0.3, 0.4) is 0 Å². The molecule has 0 saturated carbocycles. The highest BCUT2D eigenvalue weighted by molar-refractivity contribution is 7.07. The number of halogens is 2. The minimum absolute atomic E-state index is 0.138. The van der Waals surface area contributed by atoms with Crippen molar-refractivity contribution in [1.82, 2.24) is 4.57 Å². The van der Waals surface area contributed by atoms with E-state index in [9.17, 15) is 14.4 Å². The molecule has 1 aliphatic heterocycles. The Hall–Kier alpha value is -4.12. The Bertz CT molecular complexity index is 1940. The predicted molar refractivity (Wildman–Crippen MR) is 159 cm³/mol. The van der Waals surface area contributed by atoms with Crippen molar-refractivity contribution in [1.29, 1.82) is 0 Å². The highest BCUT2D eigenvalue weighted by atomic mass is 35.5. The summed E-state index contributed by atoms with van der Waals surface area (Å²) in [5, 5.41) is 0.975. The minimum Gasteiger partial charge on any atom is -0.493 e. The molecule has 12 heteroatoms. The van der Waals surface area contributed by atoms with E-state index in [2.05, 4.69) is 4.99 Å². The standard InChI is InChI=1S/C30H24Cl2N2O7S/c1-5-39-29(37)26-15(2)33-30-34(27(26)17-6-10-23(40-16(3)35)24(12-17)38-4)28(36)25(42-30)14-19-8-11-22(41-19)20-13-18(31)7-9-21(20)32/h6-14,27H,5H2,1-4H3/t27-/m1/s1. The summed E-state index contributed by atoms with van der Waals surface area (Å²) in [5.74, 6) is 0.237. The average molecular weight is 628 g/mol. The van der Waals surface area contributed by atoms with Gasteiger partial charge in [-0.1, -0.05) is 40.6 Å². The van der Waals surface area contributed by atoms with Crippen LogP contribution in [0.4, 0.5) is 0 Å². The average Bonchev–Trinajstić information content (AvgIpc) is 3.53. The first-order chi connectivity index (χ1) is 20.1. The lowest BCUT2D eigenvalue weighted by molar-refractivity contribution is -0.139. The van der Waals surface area contributed by atoms with E-state index in [0.717, 1.165) is 11.3 Å². The molecule has 0 bridgehead atoms. The van der Waals surface area contributed by atoms with E-state index in [-0.39, 0.29) is 29.2 Å². The van der Waals surface area contributed by atoms with Crippen molar-refractivity contribution in [2.75, 3.05) is 13.7 Å². The zero-order valence-electron chi connectivity index (χ0n) is 22.9. The van der Waals surface area contributed by atoms with Gasteiger partial charge in [0.1, 0.15) is 11.5 Å². The number of esters is 2. The Morgan fingerprint density at radius 2 is 1.90 bits per heavy atom. The van der Waals surface area contributed by atoms with Crippen LogP contribution in [0.15, 0.2) is 74.0 Å². The number of fused-ring (bicyclic) bond motifs is 1. The number of carbonyl (C=O) groups is 2. The molecule has 0 radical (unpaired) electrons. The second kappa shape index (κ2) is 12.0. The smallest absolute Gasteiger partial charge is 0.338 e. The van der Waals surface area contributed by atoms with Crippen LogP contribution in [0.25, 0.3) is 17.4 Å². The summed E-state index contributed by atoms with van der Waals surface area (Å²) in [6.45, 7) is 4.80. The number of methoxy groups -OCH3 is 1. The van der Waals surface area contributed by atoms with Crippen LogP contribution >= 0.6 is 34.5 Å². The van der Waals surface area contributed by atoms with Gasteiger partial charge in [0.05, 0.1) is 40.6 Å². The van der Waals surface area contributed by atoms with E-state index in [0.29, 0.717) is 47.7 Å². The molecule has 2 aromatic carbocycles. The van der Waals surface area contributed by atoms with Crippen LogP contribution in [0.1, 0.15) is 38.1 Å². The van der Waals surface area contributed by atoms with Crippen molar-refractivity contribution in [3.63, 3.8) is 0 Å². The summed E-state index contributed by atoms with van der Waals surface area (Å²) in [6.07, 6.45) is 1.61. The second-order valence-corrected chi connectivity index (χ2v) is 11.0. The van der Waals surface area contributed by atoms with Crippen LogP contribution in [0.2, 0.25) is 10.0 Å². The number of furan rings is 1. The van der Waals surface area contributed by atoms with E-state index >= 15 is 0 Å². The van der Waals surface area contributed by atoms with Gasteiger partial charge in [-0.25, -0.2) is 9.79 Å². The van der Waals surface area contributed by atoms with Crippen LogP contribution in [0.5, 0.6) is 11.5 Å². The molecule has 5 rings (SSSR count). The maximum absolute atomic E-state index is 13.9. The molecule has 2 aromatic heterocycles. The minimum atomic E-state index is -0.889. The fourth-order valence-electron chi connectivity index (χ4n) is 4.59. The van der Waals surface area contributed by atoms with Crippen molar-refractivity contribution >= 4 is 52.6 Å². The first-order valence-electron chi connectivity index (χ1n) is 12.7. The van der Waals surface area contributed by atoms with Gasteiger partial charge in [-0.3, -0.25) is 14.2 Å². The Kier molecular flexibility index (Phi) is 8.40. The molecule has 0 aliphatic carbocycles. The van der Waals surface area contributed by atoms with Gasteiger partial charge < -0.3 is 18.6 Å². The monoisotopic (exact) mass is 626 g/mol. The summed E-state index contributed by atoms with van der Waals surface area (Å²) >= 11 is 13.6. The van der Waals surface area contributed by atoms with Crippen molar-refractivity contribution in [3.05, 3.63) is 101 Å². The van der Waals surface area contributed by atoms with Gasteiger partial charge in [-0.15, -0.1) is 0 Å².